The fourth-order valence-electron chi connectivity index (χ4n) is 3.41. The maximum Gasteiger partial charge on any atom is -0.00460 e. The van der Waals surface area contributed by atoms with Crippen LogP contribution in [-0.2, 0) is 0 Å². The van der Waals surface area contributed by atoms with Crippen molar-refractivity contribution in [3.63, 3.8) is 0 Å². The summed E-state index contributed by atoms with van der Waals surface area (Å²) in [5.74, 6) is 3.90. The van der Waals surface area contributed by atoms with Gasteiger partial charge in [-0.15, -0.1) is 0 Å². The Bertz CT molecular complexity index is 144. The molecule has 0 radical (unpaired) electrons. The van der Waals surface area contributed by atoms with Gasteiger partial charge in [-0.05, 0) is 49.5 Å². The Hall–Kier alpha value is -0.0400. The average Bonchev–Trinajstić information content (AvgIpc) is 2.54. The Balaban J connectivity index is 2.07. The highest BCUT2D eigenvalue weighted by atomic mass is 14.6. The van der Waals surface area contributed by atoms with Gasteiger partial charge in [0, 0.05) is 0 Å². The molecule has 0 aromatic carbocycles. The minimum Gasteiger partial charge on any atom is -0.330 e. The summed E-state index contributed by atoms with van der Waals surface area (Å²) in [6.45, 7) is 3.35. The highest BCUT2D eigenvalue weighted by Gasteiger charge is 2.42. The maximum absolute atomic E-state index is 5.75. The molecule has 1 heteroatoms. The van der Waals surface area contributed by atoms with E-state index in [4.69, 9.17) is 5.73 Å². The van der Waals surface area contributed by atoms with Crippen molar-refractivity contribution in [2.24, 2.45) is 29.4 Å². The third-order valence-electron chi connectivity index (χ3n) is 3.95. The van der Waals surface area contributed by atoms with Crippen LogP contribution in [0.2, 0.25) is 0 Å². The number of hydrogen-bond donors (Lipinski definition) is 1. The van der Waals surface area contributed by atoms with Crippen LogP contribution in [0.3, 0.4) is 0 Å². The van der Waals surface area contributed by atoms with Crippen LogP contribution < -0.4 is 5.73 Å². The zero-order chi connectivity index (χ0) is 7.84. The van der Waals surface area contributed by atoms with Crippen LogP contribution >= 0.6 is 0 Å². The summed E-state index contributed by atoms with van der Waals surface area (Å²) < 4.78 is 0. The van der Waals surface area contributed by atoms with Crippen LogP contribution in [-0.4, -0.2) is 6.54 Å². The van der Waals surface area contributed by atoms with Gasteiger partial charge < -0.3 is 5.73 Å². The van der Waals surface area contributed by atoms with E-state index >= 15 is 0 Å². The van der Waals surface area contributed by atoms with Gasteiger partial charge in [0.15, 0.2) is 0 Å². The van der Waals surface area contributed by atoms with E-state index in [2.05, 4.69) is 6.92 Å². The molecule has 0 amide bonds. The van der Waals surface area contributed by atoms with Crippen molar-refractivity contribution in [1.82, 2.24) is 0 Å². The van der Waals surface area contributed by atoms with Crippen molar-refractivity contribution in [3.8, 4) is 0 Å². The predicted octanol–water partition coefficient (Wildman–Crippen LogP) is 2.02. The van der Waals surface area contributed by atoms with Gasteiger partial charge in [0.05, 0.1) is 0 Å². The number of hydrogen-bond acceptors (Lipinski definition) is 1. The van der Waals surface area contributed by atoms with Gasteiger partial charge in [0.1, 0.15) is 0 Å². The lowest BCUT2D eigenvalue weighted by atomic mass is 9.86. The van der Waals surface area contributed by atoms with Gasteiger partial charge in [-0.1, -0.05) is 13.3 Å². The van der Waals surface area contributed by atoms with Crippen LogP contribution in [0.1, 0.15) is 32.6 Å². The van der Waals surface area contributed by atoms with E-state index in [1.54, 1.807) is 0 Å². The Morgan fingerprint density at radius 3 is 2.64 bits per heavy atom. The number of rotatable bonds is 1. The lowest BCUT2D eigenvalue weighted by molar-refractivity contribution is 0.290. The van der Waals surface area contributed by atoms with Gasteiger partial charge in [-0.3, -0.25) is 0 Å². The van der Waals surface area contributed by atoms with E-state index in [1.807, 2.05) is 0 Å². The van der Waals surface area contributed by atoms with Crippen molar-refractivity contribution in [2.45, 2.75) is 32.6 Å². The van der Waals surface area contributed by atoms with E-state index in [0.717, 1.165) is 30.2 Å². The van der Waals surface area contributed by atoms with Gasteiger partial charge in [0.25, 0.3) is 0 Å². The summed E-state index contributed by atoms with van der Waals surface area (Å²) in [4.78, 5) is 0. The molecule has 2 fully saturated rings. The Labute approximate surface area is 69.4 Å². The van der Waals surface area contributed by atoms with Crippen LogP contribution in [0, 0.1) is 23.7 Å². The molecule has 0 aromatic heterocycles. The minimum absolute atomic E-state index is 0.873. The standard InChI is InChI=1S/C10H19N/c1-7-2-3-8-4-5-9(6-11)10(7)8/h7-10H,2-6,11H2,1H3. The molecule has 0 bridgehead atoms. The second kappa shape index (κ2) is 2.78. The van der Waals surface area contributed by atoms with E-state index in [0.29, 0.717) is 0 Å². The SMILES string of the molecule is CC1CCC2CCC(CN)C12. The molecule has 2 aliphatic rings. The van der Waals surface area contributed by atoms with Crippen LogP contribution in [0.15, 0.2) is 0 Å². The normalized spacial score (nSPS) is 49.6. The molecule has 0 spiro atoms. The summed E-state index contributed by atoms with van der Waals surface area (Å²) in [5, 5.41) is 0. The lowest BCUT2D eigenvalue weighted by Crippen LogP contribution is -2.22. The molecule has 2 saturated carbocycles. The fourth-order valence-corrected chi connectivity index (χ4v) is 3.41. The van der Waals surface area contributed by atoms with Gasteiger partial charge in [-0.25, -0.2) is 0 Å². The fraction of sp³-hybridized carbons (Fsp3) is 1.00. The third kappa shape index (κ3) is 1.10. The Kier molecular flexibility index (Phi) is 1.92. The molecule has 0 saturated heterocycles. The van der Waals surface area contributed by atoms with E-state index in [-0.39, 0.29) is 0 Å². The molecule has 0 aliphatic heterocycles. The Morgan fingerprint density at radius 1 is 1.18 bits per heavy atom. The molecule has 11 heavy (non-hydrogen) atoms. The minimum atomic E-state index is 0.873. The summed E-state index contributed by atoms with van der Waals surface area (Å²) in [6.07, 6.45) is 5.83. The van der Waals surface area contributed by atoms with Crippen LogP contribution in [0.4, 0.5) is 0 Å². The molecule has 1 nitrogen and oxygen atoms in total. The monoisotopic (exact) mass is 153 g/mol. The van der Waals surface area contributed by atoms with Crippen LogP contribution in [0.5, 0.6) is 0 Å². The molecule has 2 rings (SSSR count). The second-order valence-corrected chi connectivity index (χ2v) is 4.47. The lowest BCUT2D eigenvalue weighted by Gasteiger charge is -2.21. The van der Waals surface area contributed by atoms with E-state index < -0.39 is 0 Å². The summed E-state index contributed by atoms with van der Waals surface area (Å²) in [6, 6.07) is 0. The zero-order valence-electron chi connectivity index (χ0n) is 7.42. The van der Waals surface area contributed by atoms with Crippen molar-refractivity contribution < 1.29 is 0 Å². The second-order valence-electron chi connectivity index (χ2n) is 4.47. The number of nitrogens with two attached hydrogens (primary N) is 1. The smallest absolute Gasteiger partial charge is 0.00460 e. The third-order valence-corrected chi connectivity index (χ3v) is 3.95. The maximum atomic E-state index is 5.75. The predicted molar refractivity (Wildman–Crippen MR) is 47.2 cm³/mol. The first kappa shape index (κ1) is 7.60. The highest BCUT2D eigenvalue weighted by molar-refractivity contribution is 4.92. The van der Waals surface area contributed by atoms with Gasteiger partial charge >= 0.3 is 0 Å². The topological polar surface area (TPSA) is 26.0 Å². The first-order valence-corrected chi connectivity index (χ1v) is 5.03. The van der Waals surface area contributed by atoms with Crippen molar-refractivity contribution in [3.05, 3.63) is 0 Å². The molecule has 0 aromatic rings. The molecule has 2 N–H and O–H groups in total. The molecule has 0 heterocycles. The quantitative estimate of drug-likeness (QED) is 0.612. The molecule has 64 valence electrons. The van der Waals surface area contributed by atoms with Crippen molar-refractivity contribution >= 4 is 0 Å². The van der Waals surface area contributed by atoms with Crippen molar-refractivity contribution in [2.75, 3.05) is 6.54 Å². The number of fused-ring (bicyclic) bond motifs is 1. The summed E-state index contributed by atoms with van der Waals surface area (Å²) in [7, 11) is 0. The van der Waals surface area contributed by atoms with Gasteiger partial charge in [0.2, 0.25) is 0 Å². The van der Waals surface area contributed by atoms with Gasteiger partial charge in [-0.2, -0.15) is 0 Å². The molecule has 4 unspecified atom stereocenters. The summed E-state index contributed by atoms with van der Waals surface area (Å²) >= 11 is 0. The molecule has 2 aliphatic carbocycles. The first-order chi connectivity index (χ1) is 5.33. The van der Waals surface area contributed by atoms with E-state index in [1.165, 1.54) is 25.7 Å². The van der Waals surface area contributed by atoms with Crippen molar-refractivity contribution in [1.29, 1.82) is 0 Å². The van der Waals surface area contributed by atoms with Crippen LogP contribution in [0.25, 0.3) is 0 Å². The zero-order valence-corrected chi connectivity index (χ0v) is 7.42. The molecular formula is C10H19N. The van der Waals surface area contributed by atoms with E-state index in [9.17, 15) is 0 Å². The molecule has 4 atom stereocenters. The first-order valence-electron chi connectivity index (χ1n) is 5.03. The largest absolute Gasteiger partial charge is 0.330 e. The highest BCUT2D eigenvalue weighted by Crippen LogP contribution is 2.50. The summed E-state index contributed by atoms with van der Waals surface area (Å²) in [5.41, 5.74) is 5.75. The Morgan fingerprint density at radius 2 is 1.91 bits per heavy atom. The molecular weight excluding hydrogens is 134 g/mol. The average molecular weight is 153 g/mol.